The molecule has 0 bridgehead atoms. The second-order valence-corrected chi connectivity index (χ2v) is 5.77. The molecule has 2 aromatic rings. The maximum absolute atomic E-state index is 10.7. The van der Waals surface area contributed by atoms with E-state index in [0.29, 0.717) is 21.5 Å². The summed E-state index contributed by atoms with van der Waals surface area (Å²) in [5, 5.41) is 19.3. The van der Waals surface area contributed by atoms with E-state index in [1.807, 2.05) is 0 Å². The van der Waals surface area contributed by atoms with Crippen LogP contribution in [0.5, 0.6) is 11.5 Å². The number of rotatable bonds is 7. The van der Waals surface area contributed by atoms with Crippen molar-refractivity contribution >= 4 is 33.7 Å². The minimum absolute atomic E-state index is 0.0112. The minimum Gasteiger partial charge on any atom is -0.493 e. The normalized spacial score (nSPS) is 10.6. The number of nitro benzene ring substituents is 1. The van der Waals surface area contributed by atoms with Crippen LogP contribution in [-0.2, 0) is 11.4 Å². The molecule has 0 aliphatic heterocycles. The number of carboxylic acid groups (broad SMARTS) is 1. The summed E-state index contributed by atoms with van der Waals surface area (Å²) in [7, 11) is 1.48. The highest BCUT2D eigenvalue weighted by Gasteiger charge is 2.12. The molecule has 0 unspecified atom stereocenters. The number of hydrogen-bond donors (Lipinski definition) is 1. The van der Waals surface area contributed by atoms with Gasteiger partial charge >= 0.3 is 5.97 Å². The fourth-order valence-electron chi connectivity index (χ4n) is 2.01. The van der Waals surface area contributed by atoms with Crippen LogP contribution in [0.3, 0.4) is 0 Å². The van der Waals surface area contributed by atoms with Gasteiger partial charge in [-0.15, -0.1) is 0 Å². The lowest BCUT2D eigenvalue weighted by atomic mass is 10.2. The van der Waals surface area contributed by atoms with Crippen molar-refractivity contribution in [1.82, 2.24) is 0 Å². The monoisotopic (exact) mass is 407 g/mol. The Kier molecular flexibility index (Phi) is 6.13. The number of non-ortho nitro benzene ring substituents is 1. The van der Waals surface area contributed by atoms with Gasteiger partial charge in [-0.05, 0) is 57.4 Å². The Morgan fingerprint density at radius 1 is 1.32 bits per heavy atom. The molecule has 0 amide bonds. The molecule has 0 spiro atoms. The summed E-state index contributed by atoms with van der Waals surface area (Å²) < 4.78 is 11.6. The summed E-state index contributed by atoms with van der Waals surface area (Å²) in [6, 6.07) is 9.39. The highest BCUT2D eigenvalue weighted by Crippen LogP contribution is 2.37. The van der Waals surface area contributed by atoms with Crippen LogP contribution in [0.1, 0.15) is 11.1 Å². The molecule has 0 radical (unpaired) electrons. The predicted octanol–water partition coefficient (Wildman–Crippen LogP) is 4.04. The smallest absolute Gasteiger partial charge is 0.328 e. The van der Waals surface area contributed by atoms with E-state index >= 15 is 0 Å². The molecule has 25 heavy (non-hydrogen) atoms. The molecule has 2 aromatic carbocycles. The zero-order chi connectivity index (χ0) is 18.4. The first-order chi connectivity index (χ1) is 11.9. The van der Waals surface area contributed by atoms with E-state index in [1.54, 1.807) is 24.3 Å². The standard InChI is InChI=1S/C17H14BrNO6/c1-24-15-9-12(4-7-16(20)21)8-14(18)17(15)25-10-11-2-5-13(6-3-11)19(22)23/h2-9H,10H2,1H3,(H,20,21)/b7-4+. The zero-order valence-electron chi connectivity index (χ0n) is 13.1. The molecular formula is C17H14BrNO6. The van der Waals surface area contributed by atoms with Gasteiger partial charge in [0.25, 0.3) is 5.69 Å². The van der Waals surface area contributed by atoms with Crippen molar-refractivity contribution in [3.05, 3.63) is 68.2 Å². The Balaban J connectivity index is 2.18. The minimum atomic E-state index is -1.05. The summed E-state index contributed by atoms with van der Waals surface area (Å²) in [5.74, 6) is -0.164. The van der Waals surface area contributed by atoms with Crippen LogP contribution in [0.15, 0.2) is 46.9 Å². The molecule has 1 N–H and O–H groups in total. The van der Waals surface area contributed by atoms with Crippen LogP contribution in [-0.4, -0.2) is 23.1 Å². The molecule has 2 rings (SSSR count). The lowest BCUT2D eigenvalue weighted by Gasteiger charge is -2.13. The maximum atomic E-state index is 10.7. The summed E-state index contributed by atoms with van der Waals surface area (Å²) in [5.41, 5.74) is 1.40. The number of benzene rings is 2. The fraction of sp³-hybridized carbons (Fsp3) is 0.118. The van der Waals surface area contributed by atoms with Gasteiger partial charge in [0.2, 0.25) is 0 Å². The highest BCUT2D eigenvalue weighted by molar-refractivity contribution is 9.10. The molecular weight excluding hydrogens is 394 g/mol. The number of nitro groups is 1. The van der Waals surface area contributed by atoms with E-state index in [1.165, 1.54) is 25.3 Å². The third kappa shape index (κ3) is 5.05. The first-order valence-electron chi connectivity index (χ1n) is 7.05. The Morgan fingerprint density at radius 3 is 2.56 bits per heavy atom. The van der Waals surface area contributed by atoms with Crippen molar-refractivity contribution in [2.45, 2.75) is 6.61 Å². The molecule has 0 heterocycles. The molecule has 0 aliphatic carbocycles. The van der Waals surface area contributed by atoms with E-state index in [2.05, 4.69) is 15.9 Å². The fourth-order valence-corrected chi connectivity index (χ4v) is 2.59. The summed E-state index contributed by atoms with van der Waals surface area (Å²) in [6.45, 7) is 0.192. The van der Waals surface area contributed by atoms with Crippen LogP contribution in [0.2, 0.25) is 0 Å². The van der Waals surface area contributed by atoms with Crippen molar-refractivity contribution in [1.29, 1.82) is 0 Å². The molecule has 7 nitrogen and oxygen atoms in total. The number of methoxy groups -OCH3 is 1. The van der Waals surface area contributed by atoms with Gasteiger partial charge in [-0.1, -0.05) is 0 Å². The van der Waals surface area contributed by atoms with Crippen molar-refractivity contribution in [3.8, 4) is 11.5 Å². The Labute approximate surface area is 151 Å². The lowest BCUT2D eigenvalue weighted by molar-refractivity contribution is -0.384. The van der Waals surface area contributed by atoms with E-state index in [4.69, 9.17) is 14.6 Å². The predicted molar refractivity (Wildman–Crippen MR) is 94.8 cm³/mol. The highest BCUT2D eigenvalue weighted by atomic mass is 79.9. The third-order valence-corrected chi connectivity index (χ3v) is 3.79. The third-order valence-electron chi connectivity index (χ3n) is 3.20. The SMILES string of the molecule is COc1cc(/C=C/C(=O)O)cc(Br)c1OCc1ccc([N+](=O)[O-])cc1. The van der Waals surface area contributed by atoms with Crippen molar-refractivity contribution < 1.29 is 24.3 Å². The zero-order valence-corrected chi connectivity index (χ0v) is 14.7. The Hall–Kier alpha value is -2.87. The van der Waals surface area contributed by atoms with Crippen molar-refractivity contribution in [3.63, 3.8) is 0 Å². The first-order valence-corrected chi connectivity index (χ1v) is 7.84. The Bertz CT molecular complexity index is 817. The van der Waals surface area contributed by atoms with Gasteiger partial charge < -0.3 is 14.6 Å². The molecule has 0 saturated carbocycles. The van der Waals surface area contributed by atoms with Crippen LogP contribution in [0, 0.1) is 10.1 Å². The van der Waals surface area contributed by atoms with Crippen LogP contribution < -0.4 is 9.47 Å². The van der Waals surface area contributed by atoms with Crippen molar-refractivity contribution in [2.24, 2.45) is 0 Å². The topological polar surface area (TPSA) is 98.9 Å². The van der Waals surface area contributed by atoms with Gasteiger partial charge in [-0.3, -0.25) is 10.1 Å². The first kappa shape index (κ1) is 18.5. The molecule has 130 valence electrons. The molecule has 0 fully saturated rings. The van der Waals surface area contributed by atoms with E-state index < -0.39 is 10.9 Å². The van der Waals surface area contributed by atoms with Gasteiger partial charge in [0.15, 0.2) is 11.5 Å². The number of nitrogens with zero attached hydrogens (tertiary/aromatic N) is 1. The van der Waals surface area contributed by atoms with E-state index in [-0.39, 0.29) is 12.3 Å². The second-order valence-electron chi connectivity index (χ2n) is 4.92. The quantitative estimate of drug-likeness (QED) is 0.422. The average molecular weight is 408 g/mol. The molecule has 0 aliphatic rings. The Morgan fingerprint density at radius 2 is 2.00 bits per heavy atom. The number of carboxylic acids is 1. The van der Waals surface area contributed by atoms with E-state index in [0.717, 1.165) is 11.6 Å². The van der Waals surface area contributed by atoms with Gasteiger partial charge in [-0.25, -0.2) is 4.79 Å². The van der Waals surface area contributed by atoms with Gasteiger partial charge in [0.05, 0.1) is 16.5 Å². The average Bonchev–Trinajstić information content (AvgIpc) is 2.58. The second kappa shape index (κ2) is 8.29. The molecule has 0 saturated heterocycles. The molecule has 8 heteroatoms. The van der Waals surface area contributed by atoms with Crippen LogP contribution in [0.4, 0.5) is 5.69 Å². The lowest BCUT2D eigenvalue weighted by Crippen LogP contribution is -1.99. The number of hydrogen-bond acceptors (Lipinski definition) is 5. The maximum Gasteiger partial charge on any atom is 0.328 e. The number of ether oxygens (including phenoxy) is 2. The number of carbonyl (C=O) groups is 1. The largest absolute Gasteiger partial charge is 0.493 e. The van der Waals surface area contributed by atoms with Crippen LogP contribution in [0.25, 0.3) is 6.08 Å². The molecule has 0 atom stereocenters. The summed E-state index contributed by atoms with van der Waals surface area (Å²) in [6.07, 6.45) is 2.47. The van der Waals surface area contributed by atoms with E-state index in [9.17, 15) is 14.9 Å². The van der Waals surface area contributed by atoms with Gasteiger partial charge in [0, 0.05) is 18.2 Å². The van der Waals surface area contributed by atoms with Crippen LogP contribution >= 0.6 is 15.9 Å². The van der Waals surface area contributed by atoms with Crippen molar-refractivity contribution in [2.75, 3.05) is 7.11 Å². The summed E-state index contributed by atoms with van der Waals surface area (Å²) in [4.78, 5) is 20.8. The van der Waals surface area contributed by atoms with Gasteiger partial charge in [0.1, 0.15) is 6.61 Å². The number of aliphatic carboxylic acids is 1. The number of halogens is 1. The molecule has 0 aromatic heterocycles. The summed E-state index contributed by atoms with van der Waals surface area (Å²) >= 11 is 3.37. The van der Waals surface area contributed by atoms with Gasteiger partial charge in [-0.2, -0.15) is 0 Å².